The molecule has 0 unspecified atom stereocenters. The molecule has 4 heteroatoms. The van der Waals surface area contributed by atoms with E-state index in [4.69, 9.17) is 5.11 Å². The van der Waals surface area contributed by atoms with E-state index in [2.05, 4.69) is 15.9 Å². The first-order chi connectivity index (χ1) is 6.74. The highest BCUT2D eigenvalue weighted by Gasteiger charge is 2.06. The normalized spacial score (nSPS) is 10.7. The number of fused-ring (bicyclic) bond motifs is 1. The lowest BCUT2D eigenvalue weighted by molar-refractivity contribution is 0.112. The minimum absolute atomic E-state index is 0.0167. The number of carbonyl (C=O) groups excluding carboxylic acids is 1. The van der Waals surface area contributed by atoms with Gasteiger partial charge in [-0.15, -0.1) is 11.3 Å². The van der Waals surface area contributed by atoms with Crippen LogP contribution in [0.3, 0.4) is 0 Å². The molecule has 1 heterocycles. The van der Waals surface area contributed by atoms with Crippen molar-refractivity contribution in [3.8, 4) is 0 Å². The van der Waals surface area contributed by atoms with Gasteiger partial charge in [0.05, 0.1) is 11.5 Å². The van der Waals surface area contributed by atoms with Gasteiger partial charge in [-0.25, -0.2) is 0 Å². The Morgan fingerprint density at radius 3 is 2.86 bits per heavy atom. The van der Waals surface area contributed by atoms with E-state index < -0.39 is 0 Å². The van der Waals surface area contributed by atoms with Crippen LogP contribution in [0, 0.1) is 0 Å². The average molecular weight is 271 g/mol. The zero-order valence-corrected chi connectivity index (χ0v) is 9.56. The molecule has 14 heavy (non-hydrogen) atoms. The molecule has 0 aliphatic rings. The number of carbonyl (C=O) groups is 1. The molecule has 2 aromatic rings. The van der Waals surface area contributed by atoms with Gasteiger partial charge in [-0.1, -0.05) is 15.9 Å². The van der Waals surface area contributed by atoms with Crippen LogP contribution in [-0.4, -0.2) is 11.4 Å². The second-order valence-corrected chi connectivity index (χ2v) is 4.88. The Morgan fingerprint density at radius 1 is 1.43 bits per heavy atom. The minimum Gasteiger partial charge on any atom is -0.392 e. The van der Waals surface area contributed by atoms with Crippen molar-refractivity contribution in [3.63, 3.8) is 0 Å². The lowest BCUT2D eigenvalue weighted by Crippen LogP contribution is -1.81. The van der Waals surface area contributed by atoms with Crippen molar-refractivity contribution >= 4 is 43.6 Å². The number of thiophene rings is 1. The van der Waals surface area contributed by atoms with E-state index in [0.717, 1.165) is 26.4 Å². The molecule has 2 nitrogen and oxygen atoms in total. The molecule has 0 aliphatic heterocycles. The van der Waals surface area contributed by atoms with Gasteiger partial charge in [-0.2, -0.15) is 0 Å². The van der Waals surface area contributed by atoms with Crippen molar-refractivity contribution in [3.05, 3.63) is 33.1 Å². The molecule has 0 atom stereocenters. The summed E-state index contributed by atoms with van der Waals surface area (Å²) in [5.41, 5.74) is 0.851. The van der Waals surface area contributed by atoms with E-state index in [-0.39, 0.29) is 6.61 Å². The van der Waals surface area contributed by atoms with Crippen LogP contribution < -0.4 is 0 Å². The average Bonchev–Trinajstić information content (AvgIpc) is 2.61. The van der Waals surface area contributed by atoms with E-state index in [1.54, 1.807) is 0 Å². The van der Waals surface area contributed by atoms with Gasteiger partial charge in [0.1, 0.15) is 0 Å². The molecule has 1 aromatic carbocycles. The predicted octanol–water partition coefficient (Wildman–Crippen LogP) is 2.97. The maximum atomic E-state index is 10.6. The number of halogens is 1. The van der Waals surface area contributed by atoms with Crippen molar-refractivity contribution in [2.45, 2.75) is 6.61 Å². The minimum atomic E-state index is 0.0167. The summed E-state index contributed by atoms with van der Waals surface area (Å²) in [6.45, 7) is 0.0167. The largest absolute Gasteiger partial charge is 0.392 e. The molecule has 0 saturated carbocycles. The molecular formula is C10H7BrO2S. The Balaban J connectivity index is 2.73. The second kappa shape index (κ2) is 3.81. The summed E-state index contributed by atoms with van der Waals surface area (Å²) >= 11 is 4.84. The van der Waals surface area contributed by atoms with Gasteiger partial charge in [0, 0.05) is 14.6 Å². The molecular weight excluding hydrogens is 264 g/mol. The Hall–Kier alpha value is -0.710. The summed E-state index contributed by atoms with van der Waals surface area (Å²) < 4.78 is 1.94. The third-order valence-electron chi connectivity index (χ3n) is 1.96. The third kappa shape index (κ3) is 1.61. The van der Waals surface area contributed by atoms with Crippen LogP contribution in [0.2, 0.25) is 0 Å². The van der Waals surface area contributed by atoms with Crippen molar-refractivity contribution in [2.24, 2.45) is 0 Å². The van der Waals surface area contributed by atoms with Crippen LogP contribution >= 0.6 is 27.3 Å². The van der Waals surface area contributed by atoms with Gasteiger partial charge in [-0.3, -0.25) is 4.79 Å². The summed E-state index contributed by atoms with van der Waals surface area (Å²) in [4.78, 5) is 11.3. The number of aldehydes is 1. The Morgan fingerprint density at radius 2 is 2.21 bits per heavy atom. The number of aliphatic hydroxyl groups excluding tert-OH is 1. The van der Waals surface area contributed by atoms with E-state index >= 15 is 0 Å². The fourth-order valence-corrected chi connectivity index (χ4v) is 3.04. The SMILES string of the molecule is O=Cc1cc2c(Br)cc(CO)cc2s1. The monoisotopic (exact) mass is 270 g/mol. The quantitative estimate of drug-likeness (QED) is 0.852. The summed E-state index contributed by atoms with van der Waals surface area (Å²) in [6, 6.07) is 5.61. The maximum absolute atomic E-state index is 10.6. The Kier molecular flexibility index (Phi) is 2.67. The van der Waals surface area contributed by atoms with Crippen molar-refractivity contribution in [1.29, 1.82) is 0 Å². The molecule has 2 rings (SSSR count). The van der Waals surface area contributed by atoms with E-state index in [1.165, 1.54) is 11.3 Å². The van der Waals surface area contributed by atoms with Crippen LogP contribution in [0.5, 0.6) is 0 Å². The van der Waals surface area contributed by atoms with Gasteiger partial charge >= 0.3 is 0 Å². The van der Waals surface area contributed by atoms with Crippen molar-refractivity contribution in [2.75, 3.05) is 0 Å². The molecule has 0 bridgehead atoms. The highest BCUT2D eigenvalue weighted by atomic mass is 79.9. The first kappa shape index (κ1) is 9.83. The van der Waals surface area contributed by atoms with E-state index in [1.807, 2.05) is 18.2 Å². The van der Waals surface area contributed by atoms with Gasteiger partial charge in [0.25, 0.3) is 0 Å². The predicted molar refractivity (Wildman–Crippen MR) is 60.8 cm³/mol. The van der Waals surface area contributed by atoms with Crippen LogP contribution in [0.25, 0.3) is 10.1 Å². The number of hydrogen-bond donors (Lipinski definition) is 1. The molecule has 0 aliphatic carbocycles. The number of rotatable bonds is 2. The first-order valence-electron chi connectivity index (χ1n) is 4.02. The zero-order valence-electron chi connectivity index (χ0n) is 7.16. The fourth-order valence-electron chi connectivity index (χ4n) is 1.32. The van der Waals surface area contributed by atoms with Gasteiger partial charge in [-0.05, 0) is 23.8 Å². The van der Waals surface area contributed by atoms with Crippen LogP contribution in [0.4, 0.5) is 0 Å². The Labute approximate surface area is 93.3 Å². The summed E-state index contributed by atoms with van der Waals surface area (Å²) in [6.07, 6.45) is 0.843. The summed E-state index contributed by atoms with van der Waals surface area (Å²) in [5.74, 6) is 0. The number of aliphatic hydroxyl groups is 1. The first-order valence-corrected chi connectivity index (χ1v) is 5.63. The summed E-state index contributed by atoms with van der Waals surface area (Å²) in [5, 5.41) is 10.0. The molecule has 0 fully saturated rings. The van der Waals surface area contributed by atoms with Gasteiger partial charge in [0.15, 0.2) is 6.29 Å². The van der Waals surface area contributed by atoms with Gasteiger partial charge in [0.2, 0.25) is 0 Å². The van der Waals surface area contributed by atoms with Gasteiger partial charge < -0.3 is 5.11 Å². The number of benzene rings is 1. The molecule has 0 amide bonds. The summed E-state index contributed by atoms with van der Waals surface area (Å²) in [7, 11) is 0. The molecule has 1 N–H and O–H groups in total. The maximum Gasteiger partial charge on any atom is 0.160 e. The smallest absolute Gasteiger partial charge is 0.160 e. The third-order valence-corrected chi connectivity index (χ3v) is 3.63. The molecule has 72 valence electrons. The van der Waals surface area contributed by atoms with E-state index in [9.17, 15) is 4.79 Å². The van der Waals surface area contributed by atoms with E-state index in [0.29, 0.717) is 4.88 Å². The van der Waals surface area contributed by atoms with Crippen LogP contribution in [0.1, 0.15) is 15.2 Å². The zero-order chi connectivity index (χ0) is 10.1. The molecule has 0 spiro atoms. The van der Waals surface area contributed by atoms with Crippen LogP contribution in [0.15, 0.2) is 22.7 Å². The molecule has 0 saturated heterocycles. The molecule has 0 radical (unpaired) electrons. The Bertz CT molecular complexity index is 490. The van der Waals surface area contributed by atoms with Crippen molar-refractivity contribution in [1.82, 2.24) is 0 Å². The van der Waals surface area contributed by atoms with Crippen LogP contribution in [-0.2, 0) is 6.61 Å². The second-order valence-electron chi connectivity index (χ2n) is 2.91. The highest BCUT2D eigenvalue weighted by Crippen LogP contribution is 2.32. The topological polar surface area (TPSA) is 37.3 Å². The standard InChI is InChI=1S/C10H7BrO2S/c11-9-1-6(4-12)2-10-8(9)3-7(5-13)14-10/h1-3,5,12H,4H2. The fraction of sp³-hybridized carbons (Fsp3) is 0.100. The number of hydrogen-bond acceptors (Lipinski definition) is 3. The molecule has 1 aromatic heterocycles. The highest BCUT2D eigenvalue weighted by molar-refractivity contribution is 9.10. The lowest BCUT2D eigenvalue weighted by Gasteiger charge is -1.98. The van der Waals surface area contributed by atoms with Crippen molar-refractivity contribution < 1.29 is 9.90 Å². The lowest BCUT2D eigenvalue weighted by atomic mass is 10.2.